The molecule has 0 spiro atoms. The third kappa shape index (κ3) is 3.26. The topological polar surface area (TPSA) is 35.8 Å². The molecule has 0 aromatic heterocycles. The number of benzene rings is 1. The summed E-state index contributed by atoms with van der Waals surface area (Å²) in [7, 11) is 0. The van der Waals surface area contributed by atoms with Crippen molar-refractivity contribution >= 4 is 21.6 Å². The number of anilines is 1. The first-order valence-corrected chi connectivity index (χ1v) is 7.49. The van der Waals surface area contributed by atoms with Gasteiger partial charge in [-0.2, -0.15) is 5.26 Å². The first-order chi connectivity index (χ1) is 8.72. The highest BCUT2D eigenvalue weighted by Gasteiger charge is 2.23. The molecule has 96 valence electrons. The van der Waals surface area contributed by atoms with E-state index in [0.29, 0.717) is 11.6 Å². The predicted molar refractivity (Wildman–Crippen MR) is 78.5 cm³/mol. The van der Waals surface area contributed by atoms with Crippen molar-refractivity contribution in [3.63, 3.8) is 0 Å². The smallest absolute Gasteiger partial charge is 0.0992 e. The van der Waals surface area contributed by atoms with E-state index < -0.39 is 0 Å². The van der Waals surface area contributed by atoms with Gasteiger partial charge in [-0.15, -0.1) is 0 Å². The third-order valence-electron chi connectivity index (χ3n) is 3.81. The molecule has 0 aliphatic heterocycles. The lowest BCUT2D eigenvalue weighted by molar-refractivity contribution is 0.317. The molecule has 2 nitrogen and oxygen atoms in total. The summed E-state index contributed by atoms with van der Waals surface area (Å²) in [5.41, 5.74) is 1.77. The number of halogens is 1. The molecule has 1 aliphatic carbocycles. The molecule has 18 heavy (non-hydrogen) atoms. The quantitative estimate of drug-likeness (QED) is 0.878. The Kier molecular flexibility index (Phi) is 4.66. The van der Waals surface area contributed by atoms with E-state index in [-0.39, 0.29) is 0 Å². The minimum absolute atomic E-state index is 0.560. The van der Waals surface area contributed by atoms with Crippen LogP contribution >= 0.6 is 15.9 Å². The van der Waals surface area contributed by atoms with Crippen LogP contribution in [0.5, 0.6) is 0 Å². The number of nitrogens with one attached hydrogen (secondary N) is 1. The van der Waals surface area contributed by atoms with Gasteiger partial charge in [0.05, 0.1) is 11.6 Å². The summed E-state index contributed by atoms with van der Waals surface area (Å²) in [5, 5.41) is 12.6. The van der Waals surface area contributed by atoms with E-state index in [2.05, 4.69) is 40.3 Å². The summed E-state index contributed by atoms with van der Waals surface area (Å²) in [6, 6.07) is 8.61. The zero-order valence-electron chi connectivity index (χ0n) is 10.7. The van der Waals surface area contributed by atoms with Gasteiger partial charge in [-0.3, -0.25) is 0 Å². The molecule has 1 fully saturated rings. The molecule has 2 atom stereocenters. The molecule has 1 saturated carbocycles. The van der Waals surface area contributed by atoms with Crippen molar-refractivity contribution in [2.75, 3.05) is 5.32 Å². The minimum Gasteiger partial charge on any atom is -0.382 e. The third-order valence-corrected chi connectivity index (χ3v) is 4.27. The molecule has 0 heterocycles. The summed E-state index contributed by atoms with van der Waals surface area (Å²) in [4.78, 5) is 0. The summed E-state index contributed by atoms with van der Waals surface area (Å²) in [6.07, 6.45) is 6.48. The second-order valence-corrected chi connectivity index (χ2v) is 5.96. The fourth-order valence-electron chi connectivity index (χ4n) is 2.84. The summed E-state index contributed by atoms with van der Waals surface area (Å²) in [5.74, 6) is 0.767. The molecule has 0 radical (unpaired) electrons. The van der Waals surface area contributed by atoms with Crippen LogP contribution in [0.1, 0.15) is 44.6 Å². The fraction of sp³-hybridized carbons (Fsp3) is 0.533. The van der Waals surface area contributed by atoms with Gasteiger partial charge in [-0.05, 0) is 37.0 Å². The zero-order chi connectivity index (χ0) is 13.0. The largest absolute Gasteiger partial charge is 0.382 e. The number of hydrogen-bond donors (Lipinski definition) is 1. The molecule has 0 bridgehead atoms. The van der Waals surface area contributed by atoms with Crippen molar-refractivity contribution in [1.29, 1.82) is 5.26 Å². The van der Waals surface area contributed by atoms with Gasteiger partial charge < -0.3 is 5.32 Å². The van der Waals surface area contributed by atoms with Gasteiger partial charge in [0.25, 0.3) is 0 Å². The average Bonchev–Trinajstić information content (AvgIpc) is 2.38. The Hall–Kier alpha value is -1.01. The molecule has 0 amide bonds. The summed E-state index contributed by atoms with van der Waals surface area (Å²) >= 11 is 3.46. The number of nitriles is 1. The Bertz CT molecular complexity index is 450. The lowest BCUT2D eigenvalue weighted by Gasteiger charge is -2.32. The molecule has 0 saturated heterocycles. The van der Waals surface area contributed by atoms with Gasteiger partial charge in [0.15, 0.2) is 0 Å². The van der Waals surface area contributed by atoms with Crippen LogP contribution in [0.25, 0.3) is 0 Å². The van der Waals surface area contributed by atoms with E-state index in [1.165, 1.54) is 32.1 Å². The normalized spacial score (nSPS) is 23.4. The van der Waals surface area contributed by atoms with Crippen LogP contribution in [0.3, 0.4) is 0 Å². The lowest BCUT2D eigenvalue weighted by atomic mass is 9.83. The highest BCUT2D eigenvalue weighted by Crippen LogP contribution is 2.30. The van der Waals surface area contributed by atoms with Crippen LogP contribution in [-0.2, 0) is 0 Å². The maximum absolute atomic E-state index is 8.99. The molecule has 1 aromatic rings. The Morgan fingerprint density at radius 3 is 2.83 bits per heavy atom. The minimum atomic E-state index is 0.560. The Morgan fingerprint density at radius 1 is 1.33 bits per heavy atom. The SMILES string of the molecule is CCC1CCCCC1Nc1cc(Br)cc(C#N)c1. The summed E-state index contributed by atoms with van der Waals surface area (Å²) < 4.78 is 0.966. The van der Waals surface area contributed by atoms with Crippen molar-refractivity contribution in [2.45, 2.75) is 45.1 Å². The van der Waals surface area contributed by atoms with Crippen LogP contribution in [0.15, 0.2) is 22.7 Å². The van der Waals surface area contributed by atoms with Gasteiger partial charge in [0.2, 0.25) is 0 Å². The maximum Gasteiger partial charge on any atom is 0.0992 e. The standard InChI is InChI=1S/C15H19BrN2/c1-2-12-5-3-4-6-15(12)18-14-8-11(10-17)7-13(16)9-14/h7-9,12,15,18H,2-6H2,1H3. The highest BCUT2D eigenvalue weighted by molar-refractivity contribution is 9.10. The van der Waals surface area contributed by atoms with E-state index in [1.54, 1.807) is 0 Å². The van der Waals surface area contributed by atoms with E-state index >= 15 is 0 Å². The van der Waals surface area contributed by atoms with Crippen LogP contribution in [-0.4, -0.2) is 6.04 Å². The molecule has 2 unspecified atom stereocenters. The first kappa shape index (κ1) is 13.4. The summed E-state index contributed by atoms with van der Waals surface area (Å²) in [6.45, 7) is 2.27. The van der Waals surface area contributed by atoms with E-state index in [0.717, 1.165) is 16.1 Å². The van der Waals surface area contributed by atoms with Gasteiger partial charge in [0, 0.05) is 16.2 Å². The van der Waals surface area contributed by atoms with Gasteiger partial charge >= 0.3 is 0 Å². The number of hydrogen-bond acceptors (Lipinski definition) is 2. The average molecular weight is 307 g/mol. The second-order valence-electron chi connectivity index (χ2n) is 5.04. The molecule has 2 rings (SSSR count). The van der Waals surface area contributed by atoms with Crippen molar-refractivity contribution < 1.29 is 0 Å². The monoisotopic (exact) mass is 306 g/mol. The number of rotatable bonds is 3. The Labute approximate surface area is 118 Å². The van der Waals surface area contributed by atoms with Crippen molar-refractivity contribution in [3.05, 3.63) is 28.2 Å². The lowest BCUT2D eigenvalue weighted by Crippen LogP contribution is -2.31. The molecular formula is C15H19BrN2. The van der Waals surface area contributed by atoms with Crippen LogP contribution < -0.4 is 5.32 Å². The van der Waals surface area contributed by atoms with Gasteiger partial charge in [-0.25, -0.2) is 0 Å². The van der Waals surface area contributed by atoms with Crippen molar-refractivity contribution in [3.8, 4) is 6.07 Å². The number of nitrogens with zero attached hydrogens (tertiary/aromatic N) is 1. The van der Waals surface area contributed by atoms with Crippen LogP contribution in [0.4, 0.5) is 5.69 Å². The molecule has 1 aliphatic rings. The Morgan fingerprint density at radius 2 is 2.11 bits per heavy atom. The van der Waals surface area contributed by atoms with E-state index in [9.17, 15) is 0 Å². The van der Waals surface area contributed by atoms with Crippen molar-refractivity contribution in [1.82, 2.24) is 0 Å². The zero-order valence-corrected chi connectivity index (χ0v) is 12.3. The van der Waals surface area contributed by atoms with Gasteiger partial charge in [-0.1, -0.05) is 42.1 Å². The Balaban J connectivity index is 2.12. The molecular weight excluding hydrogens is 288 g/mol. The highest BCUT2D eigenvalue weighted by atomic mass is 79.9. The molecule has 1 N–H and O–H groups in total. The van der Waals surface area contributed by atoms with Crippen LogP contribution in [0, 0.1) is 17.2 Å². The molecule has 1 aromatic carbocycles. The van der Waals surface area contributed by atoms with E-state index in [1.807, 2.05) is 12.1 Å². The second kappa shape index (κ2) is 6.24. The maximum atomic E-state index is 8.99. The van der Waals surface area contributed by atoms with E-state index in [4.69, 9.17) is 5.26 Å². The fourth-order valence-corrected chi connectivity index (χ4v) is 3.33. The first-order valence-electron chi connectivity index (χ1n) is 6.70. The predicted octanol–water partition coefficient (Wildman–Crippen LogP) is 4.70. The van der Waals surface area contributed by atoms with Crippen LogP contribution in [0.2, 0.25) is 0 Å². The van der Waals surface area contributed by atoms with Crippen molar-refractivity contribution in [2.24, 2.45) is 5.92 Å². The van der Waals surface area contributed by atoms with Gasteiger partial charge in [0.1, 0.15) is 0 Å². The molecule has 3 heteroatoms.